The van der Waals surface area contributed by atoms with E-state index in [9.17, 15) is 4.79 Å². The molecule has 3 heterocycles. The van der Waals surface area contributed by atoms with Crippen LogP contribution >= 0.6 is 11.3 Å². The van der Waals surface area contributed by atoms with Crippen molar-refractivity contribution in [2.24, 2.45) is 10.7 Å². The van der Waals surface area contributed by atoms with Crippen LogP contribution in [0, 0.1) is 0 Å². The van der Waals surface area contributed by atoms with Crippen molar-refractivity contribution in [3.8, 4) is 10.6 Å². The Morgan fingerprint density at radius 3 is 2.95 bits per heavy atom. The second-order valence-corrected chi connectivity index (χ2v) is 6.13. The second kappa shape index (κ2) is 5.06. The minimum Gasteiger partial charge on any atom is -0.384 e. The van der Waals surface area contributed by atoms with Gasteiger partial charge in [-0.3, -0.25) is 9.79 Å². The molecule has 1 amide bonds. The molecule has 0 saturated carbocycles. The number of fused-ring (bicyclic) bond motifs is 3. The molecule has 4 rings (SSSR count). The van der Waals surface area contributed by atoms with Crippen molar-refractivity contribution in [1.29, 1.82) is 0 Å². The van der Waals surface area contributed by atoms with E-state index in [1.54, 1.807) is 22.3 Å². The molecule has 2 aliphatic heterocycles. The van der Waals surface area contributed by atoms with Gasteiger partial charge in [0.05, 0.1) is 5.70 Å². The highest BCUT2D eigenvalue weighted by atomic mass is 32.1. The first-order chi connectivity index (χ1) is 10.7. The Hall–Kier alpha value is -2.47. The number of carbonyl (C=O) groups is 1. The summed E-state index contributed by atoms with van der Waals surface area (Å²) in [6.07, 6.45) is 4.43. The van der Waals surface area contributed by atoms with Gasteiger partial charge in [0.1, 0.15) is 17.4 Å². The van der Waals surface area contributed by atoms with Crippen LogP contribution in [0.25, 0.3) is 16.3 Å². The Labute approximate surface area is 131 Å². The molecule has 0 radical (unpaired) electrons. The number of aromatic nitrogens is 1. The maximum absolute atomic E-state index is 12.2. The van der Waals surface area contributed by atoms with Gasteiger partial charge in [-0.25, -0.2) is 4.98 Å². The molecule has 0 atom stereocenters. The van der Waals surface area contributed by atoms with Crippen LogP contribution in [0.15, 0.2) is 40.8 Å². The number of hydrogen-bond acceptors (Lipinski definition) is 5. The number of nitrogens with two attached hydrogens (primary N) is 1. The third kappa shape index (κ3) is 2.03. The van der Waals surface area contributed by atoms with E-state index in [0.717, 1.165) is 28.3 Å². The first kappa shape index (κ1) is 13.2. The summed E-state index contributed by atoms with van der Waals surface area (Å²) in [5, 5.41) is 2.98. The zero-order valence-corrected chi connectivity index (χ0v) is 12.6. The summed E-state index contributed by atoms with van der Waals surface area (Å²) in [5.41, 5.74) is 10.1. The number of amidine groups is 1. The minimum absolute atomic E-state index is 0.00278. The van der Waals surface area contributed by atoms with Crippen molar-refractivity contribution in [1.82, 2.24) is 9.88 Å². The van der Waals surface area contributed by atoms with Crippen molar-refractivity contribution in [3.05, 3.63) is 47.0 Å². The molecule has 5 nitrogen and oxygen atoms in total. The number of rotatable bonds is 1. The van der Waals surface area contributed by atoms with Gasteiger partial charge >= 0.3 is 0 Å². The van der Waals surface area contributed by atoms with Crippen LogP contribution in [0.3, 0.4) is 0 Å². The van der Waals surface area contributed by atoms with Gasteiger partial charge in [0.25, 0.3) is 0 Å². The largest absolute Gasteiger partial charge is 0.384 e. The number of thiazole rings is 1. The lowest BCUT2D eigenvalue weighted by Gasteiger charge is -2.31. The Morgan fingerprint density at radius 2 is 2.14 bits per heavy atom. The number of carbonyl (C=O) groups excluding carboxylic acids is 1. The molecule has 0 saturated heterocycles. The Bertz CT molecular complexity index is 808. The van der Waals surface area contributed by atoms with E-state index in [0.29, 0.717) is 12.4 Å². The fourth-order valence-electron chi connectivity index (χ4n) is 2.99. The number of benzene rings is 1. The smallest absolute Gasteiger partial charge is 0.248 e. The van der Waals surface area contributed by atoms with Crippen LogP contribution in [-0.4, -0.2) is 34.7 Å². The van der Waals surface area contributed by atoms with Crippen LogP contribution < -0.4 is 5.73 Å². The van der Waals surface area contributed by atoms with Crippen molar-refractivity contribution >= 4 is 28.8 Å². The SMILES string of the molecule is NC1=NCC(=O)N2CCc3c(cccc3-c3nccs3)C2=C1. The fourth-order valence-corrected chi connectivity index (χ4v) is 3.68. The lowest BCUT2D eigenvalue weighted by molar-refractivity contribution is -0.126. The van der Waals surface area contributed by atoms with Crippen molar-refractivity contribution in [2.45, 2.75) is 6.42 Å². The second-order valence-electron chi connectivity index (χ2n) is 5.23. The predicted molar refractivity (Wildman–Crippen MR) is 87.4 cm³/mol. The lowest BCUT2D eigenvalue weighted by Crippen LogP contribution is -2.36. The average Bonchev–Trinajstić information content (AvgIpc) is 3.01. The van der Waals surface area contributed by atoms with Crippen LogP contribution in [0.5, 0.6) is 0 Å². The highest BCUT2D eigenvalue weighted by Crippen LogP contribution is 2.36. The summed E-state index contributed by atoms with van der Waals surface area (Å²) in [4.78, 5) is 22.5. The molecular formula is C16H14N4OS. The van der Waals surface area contributed by atoms with Gasteiger partial charge in [0.2, 0.25) is 5.91 Å². The number of amides is 1. The van der Waals surface area contributed by atoms with Crippen LogP contribution in [0.1, 0.15) is 11.1 Å². The van der Waals surface area contributed by atoms with Gasteiger partial charge in [-0.2, -0.15) is 0 Å². The minimum atomic E-state index is -0.00278. The molecule has 6 heteroatoms. The van der Waals surface area contributed by atoms with Crippen molar-refractivity contribution in [2.75, 3.05) is 13.1 Å². The van der Waals surface area contributed by atoms with E-state index < -0.39 is 0 Å². The van der Waals surface area contributed by atoms with E-state index in [2.05, 4.69) is 16.0 Å². The van der Waals surface area contributed by atoms with Gasteiger partial charge in [0.15, 0.2) is 0 Å². The predicted octanol–water partition coefficient (Wildman–Crippen LogP) is 1.91. The van der Waals surface area contributed by atoms with Gasteiger partial charge in [0, 0.05) is 35.3 Å². The van der Waals surface area contributed by atoms with Gasteiger partial charge in [-0.1, -0.05) is 18.2 Å². The molecule has 1 aromatic heterocycles. The molecule has 22 heavy (non-hydrogen) atoms. The Morgan fingerprint density at radius 1 is 1.27 bits per heavy atom. The molecule has 0 bridgehead atoms. The lowest BCUT2D eigenvalue weighted by atomic mass is 9.92. The molecule has 0 fully saturated rings. The van der Waals surface area contributed by atoms with E-state index in [-0.39, 0.29) is 12.5 Å². The highest BCUT2D eigenvalue weighted by Gasteiger charge is 2.29. The molecule has 0 spiro atoms. The summed E-state index contributed by atoms with van der Waals surface area (Å²) in [7, 11) is 0. The maximum atomic E-state index is 12.2. The summed E-state index contributed by atoms with van der Waals surface area (Å²) >= 11 is 1.62. The monoisotopic (exact) mass is 310 g/mol. The molecule has 1 aromatic carbocycles. The maximum Gasteiger partial charge on any atom is 0.248 e. The molecule has 2 aromatic rings. The number of hydrogen-bond donors (Lipinski definition) is 1. The van der Waals surface area contributed by atoms with Crippen LogP contribution in [0.4, 0.5) is 0 Å². The van der Waals surface area contributed by atoms with E-state index in [4.69, 9.17) is 5.73 Å². The summed E-state index contributed by atoms with van der Waals surface area (Å²) in [6.45, 7) is 0.774. The number of nitrogens with zero attached hydrogens (tertiary/aromatic N) is 3. The molecule has 0 aliphatic carbocycles. The molecule has 0 unspecified atom stereocenters. The van der Waals surface area contributed by atoms with Gasteiger partial charge in [-0.15, -0.1) is 11.3 Å². The summed E-state index contributed by atoms with van der Waals surface area (Å²) < 4.78 is 0. The Kier molecular flexibility index (Phi) is 3.04. The number of aliphatic imine (C=N–C) groups is 1. The standard InChI is InChI=1S/C16H14N4OS/c17-14-8-13-11-2-1-3-12(16-18-5-7-22-16)10(11)4-6-20(13)15(21)9-19-14/h1-3,5,7-8H,4,6,9H2,(H2,17,19). The molecular weight excluding hydrogens is 296 g/mol. The van der Waals surface area contributed by atoms with E-state index in [1.807, 2.05) is 23.7 Å². The summed E-state index contributed by atoms with van der Waals surface area (Å²) in [5.74, 6) is 0.398. The molecule has 2 aliphatic rings. The normalized spacial score (nSPS) is 17.3. The van der Waals surface area contributed by atoms with Crippen molar-refractivity contribution < 1.29 is 4.79 Å². The Balaban J connectivity index is 1.90. The summed E-state index contributed by atoms with van der Waals surface area (Å²) in [6, 6.07) is 6.13. The average molecular weight is 310 g/mol. The third-order valence-corrected chi connectivity index (χ3v) is 4.78. The van der Waals surface area contributed by atoms with Gasteiger partial charge < -0.3 is 10.6 Å². The first-order valence-electron chi connectivity index (χ1n) is 7.08. The first-order valence-corrected chi connectivity index (χ1v) is 7.96. The van der Waals surface area contributed by atoms with Crippen LogP contribution in [0.2, 0.25) is 0 Å². The quantitative estimate of drug-likeness (QED) is 0.874. The third-order valence-electron chi connectivity index (χ3n) is 3.97. The zero-order valence-electron chi connectivity index (χ0n) is 11.8. The van der Waals surface area contributed by atoms with Crippen LogP contribution in [-0.2, 0) is 11.2 Å². The van der Waals surface area contributed by atoms with E-state index >= 15 is 0 Å². The van der Waals surface area contributed by atoms with Crippen molar-refractivity contribution in [3.63, 3.8) is 0 Å². The van der Waals surface area contributed by atoms with E-state index in [1.165, 1.54) is 5.56 Å². The molecule has 110 valence electrons. The molecule has 2 N–H and O–H groups in total. The fraction of sp³-hybridized carbons (Fsp3) is 0.188. The highest BCUT2D eigenvalue weighted by molar-refractivity contribution is 7.13. The van der Waals surface area contributed by atoms with Gasteiger partial charge in [-0.05, 0) is 12.0 Å². The zero-order chi connectivity index (χ0) is 15.1. The topological polar surface area (TPSA) is 71.6 Å².